The molecular formula is C25H35ClMgO4. The van der Waals surface area contributed by atoms with Crippen LogP contribution in [0.15, 0.2) is 48.5 Å². The van der Waals surface area contributed by atoms with Crippen molar-refractivity contribution in [3.8, 4) is 0 Å². The summed E-state index contributed by atoms with van der Waals surface area (Å²) in [5.74, 6) is 0.307. The van der Waals surface area contributed by atoms with Crippen molar-refractivity contribution in [3.05, 3.63) is 77.2 Å². The summed E-state index contributed by atoms with van der Waals surface area (Å²) in [4.78, 5) is 20.5. The number of carbonyl (C=O) groups excluding carboxylic acids is 2. The molecule has 2 aromatic carbocycles. The summed E-state index contributed by atoms with van der Waals surface area (Å²) in [6.45, 7) is 11.9. The number of carbonyl (C=O) groups is 2. The first-order valence-electron chi connectivity index (χ1n) is 9.93. The first kappa shape index (κ1) is 34.4. The molecule has 0 amide bonds. The maximum absolute atomic E-state index is 10.2. The largest absolute Gasteiger partial charge is 2.00 e. The summed E-state index contributed by atoms with van der Waals surface area (Å²) in [6.07, 6.45) is 2.32. The fourth-order valence-electron chi connectivity index (χ4n) is 2.49. The Morgan fingerprint density at radius 1 is 0.710 bits per heavy atom. The minimum atomic E-state index is -0.510. The molecule has 0 radical (unpaired) electrons. The van der Waals surface area contributed by atoms with Crippen molar-refractivity contribution in [1.82, 2.24) is 0 Å². The third kappa shape index (κ3) is 12.4. The van der Waals surface area contributed by atoms with Crippen LogP contribution in [-0.4, -0.2) is 45.8 Å². The van der Waals surface area contributed by atoms with Gasteiger partial charge in [-0.25, -0.2) is 0 Å². The Labute approximate surface area is 210 Å². The van der Waals surface area contributed by atoms with Gasteiger partial charge in [0.15, 0.2) is 12.6 Å². The normalized spacial score (nSPS) is 11.4. The second-order valence-electron chi connectivity index (χ2n) is 7.45. The van der Waals surface area contributed by atoms with E-state index in [2.05, 4.69) is 0 Å². The van der Waals surface area contributed by atoms with E-state index in [0.717, 1.165) is 11.1 Å². The molecule has 0 heterocycles. The number of hydrogen-bond donors (Lipinski definition) is 2. The third-order valence-corrected chi connectivity index (χ3v) is 4.15. The van der Waals surface area contributed by atoms with Crippen LogP contribution in [0.4, 0.5) is 0 Å². The quantitative estimate of drug-likeness (QED) is 0.395. The van der Waals surface area contributed by atoms with Crippen LogP contribution >= 0.6 is 0 Å². The van der Waals surface area contributed by atoms with Gasteiger partial charge in [-0.1, -0.05) is 76.2 Å². The molecule has 0 saturated carbocycles. The van der Waals surface area contributed by atoms with Crippen molar-refractivity contribution in [1.29, 1.82) is 0 Å². The molecule has 2 unspecified atom stereocenters. The van der Waals surface area contributed by atoms with Crippen molar-refractivity contribution in [2.24, 2.45) is 11.8 Å². The molecule has 0 bridgehead atoms. The van der Waals surface area contributed by atoms with E-state index < -0.39 is 12.2 Å². The van der Waals surface area contributed by atoms with E-state index in [-0.39, 0.29) is 47.3 Å². The van der Waals surface area contributed by atoms with Crippen LogP contribution in [0.2, 0.25) is 0 Å². The SMILES string of the molecule is CC(C)C(O)c1ccccc1C(O)C(C)C.C[CH-]C.O=Cc1ccccc1C=O.[Cl-].[Mg+2]. The number of aldehydes is 2. The van der Waals surface area contributed by atoms with Crippen LogP contribution in [0.25, 0.3) is 0 Å². The number of aliphatic hydroxyl groups is 2. The Morgan fingerprint density at radius 3 is 1.19 bits per heavy atom. The standard InChI is InChI=1S/C14H22O2.C8H6O2.C3H7.ClH.Mg/c1-9(2)13(15)11-7-5-6-8-12(11)14(16)10(3)4;9-5-7-3-1-2-4-8(7)6-10;1-3-2;;/h5-10,13-16H,1-4H3;1-6H;3H,1-2H3;1H;/q;;-1;;+2/p-1. The zero-order chi connectivity index (χ0) is 22.4. The summed E-state index contributed by atoms with van der Waals surface area (Å²) in [6, 6.07) is 14.2. The topological polar surface area (TPSA) is 74.6 Å². The van der Waals surface area contributed by atoms with Crippen LogP contribution in [0, 0.1) is 18.3 Å². The second kappa shape index (κ2) is 19.4. The number of aliphatic hydroxyl groups excluding tert-OH is 2. The van der Waals surface area contributed by atoms with Crippen LogP contribution in [0.3, 0.4) is 0 Å². The summed E-state index contributed by atoms with van der Waals surface area (Å²) < 4.78 is 0. The average Bonchev–Trinajstić information content (AvgIpc) is 2.73. The van der Waals surface area contributed by atoms with Gasteiger partial charge in [0.1, 0.15) is 0 Å². The average molecular weight is 459 g/mol. The molecule has 0 aliphatic heterocycles. The van der Waals surface area contributed by atoms with Gasteiger partial charge in [0.2, 0.25) is 0 Å². The van der Waals surface area contributed by atoms with Gasteiger partial charge < -0.3 is 29.0 Å². The van der Waals surface area contributed by atoms with Crippen molar-refractivity contribution >= 4 is 35.6 Å². The van der Waals surface area contributed by atoms with Gasteiger partial charge in [-0.3, -0.25) is 9.59 Å². The van der Waals surface area contributed by atoms with E-state index in [9.17, 15) is 19.8 Å². The molecule has 2 aromatic rings. The molecule has 0 aliphatic rings. The molecule has 2 rings (SSSR count). The molecule has 2 N–H and O–H groups in total. The van der Waals surface area contributed by atoms with E-state index in [0.29, 0.717) is 23.7 Å². The summed E-state index contributed by atoms with van der Waals surface area (Å²) >= 11 is 0. The molecule has 0 fully saturated rings. The molecule has 0 aromatic heterocycles. The molecule has 4 nitrogen and oxygen atoms in total. The number of hydrogen-bond acceptors (Lipinski definition) is 4. The van der Waals surface area contributed by atoms with Gasteiger partial charge in [0.05, 0.1) is 12.2 Å². The van der Waals surface area contributed by atoms with E-state index in [1.165, 1.54) is 0 Å². The monoisotopic (exact) mass is 458 g/mol. The number of halogens is 1. The minimum absolute atomic E-state index is 0. The van der Waals surface area contributed by atoms with Gasteiger partial charge >= 0.3 is 23.1 Å². The van der Waals surface area contributed by atoms with Crippen molar-refractivity contribution in [2.75, 3.05) is 0 Å². The van der Waals surface area contributed by atoms with Crippen LogP contribution in [0.5, 0.6) is 0 Å². The summed E-state index contributed by atoms with van der Waals surface area (Å²) in [5, 5.41) is 20.2. The fourth-order valence-corrected chi connectivity index (χ4v) is 2.49. The molecule has 0 spiro atoms. The van der Waals surface area contributed by atoms with Gasteiger partial charge in [-0.05, 0) is 23.0 Å². The summed E-state index contributed by atoms with van der Waals surface area (Å²) in [7, 11) is 0. The number of benzene rings is 2. The Morgan fingerprint density at radius 2 is 0.968 bits per heavy atom. The van der Waals surface area contributed by atoms with Gasteiger partial charge in [0.25, 0.3) is 0 Å². The maximum Gasteiger partial charge on any atom is 2.00 e. The van der Waals surface area contributed by atoms with E-state index >= 15 is 0 Å². The Kier molecular flexibility index (Phi) is 21.6. The molecular weight excluding hydrogens is 424 g/mol. The first-order chi connectivity index (χ1) is 13.7. The molecule has 0 saturated heterocycles. The Bertz CT molecular complexity index is 675. The molecule has 168 valence electrons. The minimum Gasteiger partial charge on any atom is -1.00 e. The van der Waals surface area contributed by atoms with Crippen LogP contribution < -0.4 is 12.4 Å². The van der Waals surface area contributed by atoms with E-state index in [1.54, 1.807) is 24.3 Å². The Hall–Kier alpha value is -1.24. The fraction of sp³-hybridized carbons (Fsp3) is 0.400. The number of rotatable bonds is 6. The van der Waals surface area contributed by atoms with Crippen molar-refractivity contribution in [2.45, 2.75) is 53.8 Å². The predicted molar refractivity (Wildman–Crippen MR) is 125 cm³/mol. The van der Waals surface area contributed by atoms with E-state index in [1.807, 2.05) is 72.2 Å². The van der Waals surface area contributed by atoms with E-state index in [4.69, 9.17) is 0 Å². The van der Waals surface area contributed by atoms with Crippen molar-refractivity contribution in [3.63, 3.8) is 0 Å². The molecule has 31 heavy (non-hydrogen) atoms. The maximum atomic E-state index is 10.2. The smallest absolute Gasteiger partial charge is 1.00 e. The second-order valence-corrected chi connectivity index (χ2v) is 7.45. The Balaban J connectivity index is -0.000000452. The van der Waals surface area contributed by atoms with Gasteiger partial charge in [-0.2, -0.15) is 13.8 Å². The van der Waals surface area contributed by atoms with Crippen molar-refractivity contribution < 1.29 is 32.2 Å². The third-order valence-electron chi connectivity index (χ3n) is 4.15. The zero-order valence-electron chi connectivity index (χ0n) is 19.5. The molecule has 2 atom stereocenters. The molecule has 6 heteroatoms. The predicted octanol–water partition coefficient (Wildman–Crippen LogP) is 2.23. The molecule has 0 aliphatic carbocycles. The van der Waals surface area contributed by atoms with Crippen LogP contribution in [0.1, 0.15) is 85.6 Å². The zero-order valence-corrected chi connectivity index (χ0v) is 21.6. The van der Waals surface area contributed by atoms with Gasteiger partial charge in [0, 0.05) is 11.1 Å². The van der Waals surface area contributed by atoms with Crippen LogP contribution in [-0.2, 0) is 0 Å². The summed E-state index contributed by atoms with van der Waals surface area (Å²) in [5.41, 5.74) is 2.58. The van der Waals surface area contributed by atoms with Gasteiger partial charge in [-0.15, -0.1) is 0 Å². The first-order valence-corrected chi connectivity index (χ1v) is 9.93.